The van der Waals surface area contributed by atoms with Crippen molar-refractivity contribution in [3.05, 3.63) is 52.2 Å². The van der Waals surface area contributed by atoms with E-state index in [1.54, 1.807) is 25.2 Å². The number of nitrogens with zero attached hydrogens (tertiary/aromatic N) is 3. The quantitative estimate of drug-likeness (QED) is 0.694. The first kappa shape index (κ1) is 17.0. The lowest BCUT2D eigenvalue weighted by Crippen LogP contribution is -2.11. The fraction of sp³-hybridized carbons (Fsp3) is 0.222. The molecule has 3 rings (SSSR count). The van der Waals surface area contributed by atoms with E-state index < -0.39 is 5.97 Å². The van der Waals surface area contributed by atoms with E-state index in [0.29, 0.717) is 23.8 Å². The first-order valence-corrected chi connectivity index (χ1v) is 8.75. The minimum absolute atomic E-state index is 0.300. The summed E-state index contributed by atoms with van der Waals surface area (Å²) in [4.78, 5) is 24.9. The van der Waals surface area contributed by atoms with Crippen LogP contribution in [0.2, 0.25) is 0 Å². The van der Waals surface area contributed by atoms with Crippen LogP contribution in [-0.2, 0) is 4.74 Å². The Morgan fingerprint density at radius 2 is 1.96 bits per heavy atom. The number of carbonyl (C=O) groups excluding carboxylic acids is 1. The molecule has 3 aromatic rings. The Bertz CT molecular complexity index is 890. The fourth-order valence-corrected chi connectivity index (χ4v) is 2.90. The molecular weight excluding hydrogens is 336 g/mol. The summed E-state index contributed by atoms with van der Waals surface area (Å²) in [5.41, 5.74) is 3.13. The predicted molar refractivity (Wildman–Crippen MR) is 98.3 cm³/mol. The molecule has 2 aromatic heterocycles. The van der Waals surface area contributed by atoms with E-state index in [-0.39, 0.29) is 0 Å². The molecule has 0 unspecified atom stereocenters. The number of hydrogen-bond acceptors (Lipinski definition) is 7. The maximum Gasteiger partial charge on any atom is 0.343 e. The van der Waals surface area contributed by atoms with Crippen molar-refractivity contribution in [1.29, 1.82) is 0 Å². The molecule has 0 aliphatic rings. The van der Waals surface area contributed by atoms with Crippen LogP contribution in [0.15, 0.2) is 35.8 Å². The molecule has 1 aromatic carbocycles. The first-order valence-electron chi connectivity index (χ1n) is 7.87. The molecule has 0 spiro atoms. The number of aryl methyl sites for hydroxylation is 2. The Labute approximate surface area is 149 Å². The van der Waals surface area contributed by atoms with Crippen molar-refractivity contribution < 1.29 is 9.53 Å². The zero-order chi connectivity index (χ0) is 17.8. The predicted octanol–water partition coefficient (Wildman–Crippen LogP) is 4.14. The van der Waals surface area contributed by atoms with Gasteiger partial charge in [0.05, 0.1) is 17.3 Å². The van der Waals surface area contributed by atoms with Gasteiger partial charge in [-0.1, -0.05) is 12.1 Å². The van der Waals surface area contributed by atoms with Gasteiger partial charge in [0, 0.05) is 22.8 Å². The molecule has 0 amide bonds. The van der Waals surface area contributed by atoms with Crippen LogP contribution < -0.4 is 5.32 Å². The monoisotopic (exact) mass is 354 g/mol. The lowest BCUT2D eigenvalue weighted by molar-refractivity contribution is 0.0526. The minimum atomic E-state index is -0.445. The Hall–Kier alpha value is -2.80. The summed E-state index contributed by atoms with van der Waals surface area (Å²) in [5.74, 6) is 0.563. The molecule has 128 valence electrons. The fourth-order valence-electron chi connectivity index (χ4n) is 2.28. The molecular formula is C18H18N4O2S. The van der Waals surface area contributed by atoms with Crippen LogP contribution in [0, 0.1) is 13.8 Å². The maximum absolute atomic E-state index is 12.1. The van der Waals surface area contributed by atoms with Gasteiger partial charge in [-0.05, 0) is 32.9 Å². The number of benzene rings is 1. The van der Waals surface area contributed by atoms with Gasteiger partial charge in [-0.2, -0.15) is 0 Å². The van der Waals surface area contributed by atoms with Crippen molar-refractivity contribution in [2.45, 2.75) is 20.8 Å². The van der Waals surface area contributed by atoms with Gasteiger partial charge >= 0.3 is 5.97 Å². The van der Waals surface area contributed by atoms with Crippen molar-refractivity contribution in [2.24, 2.45) is 0 Å². The van der Waals surface area contributed by atoms with Gasteiger partial charge in [-0.25, -0.2) is 19.7 Å². The van der Waals surface area contributed by atoms with Crippen molar-refractivity contribution in [2.75, 3.05) is 11.9 Å². The number of aromatic nitrogens is 3. The van der Waals surface area contributed by atoms with E-state index >= 15 is 0 Å². The summed E-state index contributed by atoms with van der Waals surface area (Å²) in [6.45, 7) is 5.82. The molecule has 7 heteroatoms. The Morgan fingerprint density at radius 3 is 2.60 bits per heavy atom. The number of anilines is 2. The third kappa shape index (κ3) is 4.00. The van der Waals surface area contributed by atoms with Gasteiger partial charge in [0.15, 0.2) is 0 Å². The highest BCUT2D eigenvalue weighted by Gasteiger charge is 2.15. The molecule has 0 saturated carbocycles. The van der Waals surface area contributed by atoms with Gasteiger partial charge in [0.25, 0.3) is 0 Å². The number of hydrogen-bond donors (Lipinski definition) is 1. The molecule has 1 N–H and O–H groups in total. The molecule has 0 saturated heterocycles. The Kier molecular flexibility index (Phi) is 5.04. The van der Waals surface area contributed by atoms with Gasteiger partial charge in [0.2, 0.25) is 0 Å². The molecule has 6 nitrogen and oxygen atoms in total. The maximum atomic E-state index is 12.1. The van der Waals surface area contributed by atoms with Crippen LogP contribution in [0.5, 0.6) is 0 Å². The number of ether oxygens (including phenoxy) is 1. The second-order valence-electron chi connectivity index (χ2n) is 5.35. The number of esters is 1. The van der Waals surface area contributed by atoms with E-state index in [1.807, 2.05) is 36.6 Å². The van der Waals surface area contributed by atoms with Crippen LogP contribution in [-0.4, -0.2) is 27.5 Å². The van der Waals surface area contributed by atoms with E-state index in [4.69, 9.17) is 4.74 Å². The lowest BCUT2D eigenvalue weighted by atomic mass is 10.1. The first-order chi connectivity index (χ1) is 12.1. The van der Waals surface area contributed by atoms with Crippen molar-refractivity contribution in [3.63, 3.8) is 0 Å². The molecule has 25 heavy (non-hydrogen) atoms. The SMILES string of the molecule is CCOC(=O)c1cnc(C)nc1Nc1ccc(-c2csc(C)n2)cc1. The second kappa shape index (κ2) is 7.40. The Balaban J connectivity index is 1.84. The molecule has 0 aliphatic carbocycles. The minimum Gasteiger partial charge on any atom is -0.462 e. The number of rotatable bonds is 5. The van der Waals surface area contributed by atoms with Crippen LogP contribution in [0.3, 0.4) is 0 Å². The molecule has 0 aliphatic heterocycles. The van der Waals surface area contributed by atoms with Crippen molar-refractivity contribution in [1.82, 2.24) is 15.0 Å². The number of nitrogens with one attached hydrogen (secondary N) is 1. The summed E-state index contributed by atoms with van der Waals surface area (Å²) < 4.78 is 5.06. The van der Waals surface area contributed by atoms with Gasteiger partial charge in [0.1, 0.15) is 17.2 Å². The summed E-state index contributed by atoms with van der Waals surface area (Å²) >= 11 is 1.62. The highest BCUT2D eigenvalue weighted by Crippen LogP contribution is 2.25. The smallest absolute Gasteiger partial charge is 0.343 e. The highest BCUT2D eigenvalue weighted by atomic mass is 32.1. The van der Waals surface area contributed by atoms with Crippen LogP contribution >= 0.6 is 11.3 Å². The van der Waals surface area contributed by atoms with Gasteiger partial charge < -0.3 is 10.1 Å². The lowest BCUT2D eigenvalue weighted by Gasteiger charge is -2.11. The molecule has 0 radical (unpaired) electrons. The second-order valence-corrected chi connectivity index (χ2v) is 6.42. The highest BCUT2D eigenvalue weighted by molar-refractivity contribution is 7.09. The van der Waals surface area contributed by atoms with Gasteiger partial charge in [-0.15, -0.1) is 11.3 Å². The van der Waals surface area contributed by atoms with Gasteiger partial charge in [-0.3, -0.25) is 0 Å². The summed E-state index contributed by atoms with van der Waals surface area (Å²) in [5, 5.41) is 6.23. The average molecular weight is 354 g/mol. The molecule has 0 atom stereocenters. The summed E-state index contributed by atoms with van der Waals surface area (Å²) in [6.07, 6.45) is 1.48. The van der Waals surface area contributed by atoms with E-state index in [9.17, 15) is 4.79 Å². The average Bonchev–Trinajstić information content (AvgIpc) is 3.02. The Morgan fingerprint density at radius 1 is 1.20 bits per heavy atom. The van der Waals surface area contributed by atoms with Crippen LogP contribution in [0.25, 0.3) is 11.3 Å². The third-order valence-electron chi connectivity index (χ3n) is 3.47. The third-order valence-corrected chi connectivity index (χ3v) is 4.24. The molecule has 0 bridgehead atoms. The van der Waals surface area contributed by atoms with E-state index in [1.165, 1.54) is 6.20 Å². The summed E-state index contributed by atoms with van der Waals surface area (Å²) in [7, 11) is 0. The normalized spacial score (nSPS) is 10.5. The largest absolute Gasteiger partial charge is 0.462 e. The van der Waals surface area contributed by atoms with Crippen LogP contribution in [0.4, 0.5) is 11.5 Å². The number of carbonyl (C=O) groups is 1. The zero-order valence-corrected chi connectivity index (χ0v) is 15.1. The van der Waals surface area contributed by atoms with Crippen molar-refractivity contribution >= 4 is 28.8 Å². The van der Waals surface area contributed by atoms with E-state index in [2.05, 4.69) is 20.3 Å². The summed E-state index contributed by atoms with van der Waals surface area (Å²) in [6, 6.07) is 7.82. The standard InChI is InChI=1S/C18H18N4O2S/c1-4-24-18(23)15-9-19-11(2)20-17(15)22-14-7-5-13(6-8-14)16-10-25-12(3)21-16/h5-10H,4H2,1-3H3,(H,19,20,22). The zero-order valence-electron chi connectivity index (χ0n) is 14.2. The number of thiazole rings is 1. The topological polar surface area (TPSA) is 77.0 Å². The molecule has 0 fully saturated rings. The molecule has 2 heterocycles. The van der Waals surface area contributed by atoms with Crippen LogP contribution in [0.1, 0.15) is 28.1 Å². The van der Waals surface area contributed by atoms with E-state index in [0.717, 1.165) is 22.0 Å². The van der Waals surface area contributed by atoms with Crippen molar-refractivity contribution in [3.8, 4) is 11.3 Å².